The summed E-state index contributed by atoms with van der Waals surface area (Å²) in [7, 11) is 0. The van der Waals surface area contributed by atoms with Crippen LogP contribution in [0.5, 0.6) is 0 Å². The largest absolute Gasteiger partial charge is 0.462 e. The molecule has 23 heavy (non-hydrogen) atoms. The van der Waals surface area contributed by atoms with Crippen LogP contribution >= 0.6 is 0 Å². The predicted molar refractivity (Wildman–Crippen MR) is 85.4 cm³/mol. The molecule has 0 aromatic heterocycles. The number of hydrogen-bond acceptors (Lipinski definition) is 4. The first-order chi connectivity index (χ1) is 11.3. The lowest BCUT2D eigenvalue weighted by Crippen LogP contribution is -2.25. The summed E-state index contributed by atoms with van der Waals surface area (Å²) in [5, 5.41) is 0. The highest BCUT2D eigenvalue weighted by Crippen LogP contribution is 2.44. The van der Waals surface area contributed by atoms with Gasteiger partial charge < -0.3 is 9.47 Å². The summed E-state index contributed by atoms with van der Waals surface area (Å²) >= 11 is 0. The first kappa shape index (κ1) is 15.0. The first-order valence-corrected chi connectivity index (χ1v) is 7.26. The van der Waals surface area contributed by atoms with Crippen LogP contribution in [0.15, 0.2) is 61.2 Å². The standard InChI is InChI=1S/C19H15O4/c1-2-18(23-12-20)19(21)22-11-17-15-9-5-3-7-13(15)14-8-4-6-10-16(14)17/h2-10,17-18H,1,11H2. The van der Waals surface area contributed by atoms with Crippen molar-refractivity contribution in [2.75, 3.05) is 6.61 Å². The quantitative estimate of drug-likeness (QED) is 0.608. The molecule has 4 heteroatoms. The van der Waals surface area contributed by atoms with E-state index < -0.39 is 12.1 Å². The number of fused-ring (bicyclic) bond motifs is 3. The summed E-state index contributed by atoms with van der Waals surface area (Å²) in [6, 6.07) is 16.1. The van der Waals surface area contributed by atoms with Crippen molar-refractivity contribution >= 4 is 12.4 Å². The van der Waals surface area contributed by atoms with Gasteiger partial charge in [0, 0.05) is 5.92 Å². The van der Waals surface area contributed by atoms with Gasteiger partial charge in [0.1, 0.15) is 6.61 Å². The number of carbonyl (C=O) groups excluding carboxylic acids is 2. The minimum Gasteiger partial charge on any atom is -0.462 e. The Hall–Kier alpha value is -2.88. The van der Waals surface area contributed by atoms with Gasteiger partial charge in [-0.2, -0.15) is 0 Å². The monoisotopic (exact) mass is 307 g/mol. The second kappa shape index (κ2) is 6.48. The molecule has 1 radical (unpaired) electrons. The maximum Gasteiger partial charge on any atom is 0.418 e. The van der Waals surface area contributed by atoms with E-state index in [1.807, 2.05) is 36.4 Å². The lowest BCUT2D eigenvalue weighted by atomic mass is 9.98. The number of hydrogen-bond donors (Lipinski definition) is 0. The van der Waals surface area contributed by atoms with Crippen LogP contribution in [0.25, 0.3) is 11.1 Å². The number of ether oxygens (including phenoxy) is 2. The number of carbonyl (C=O) groups is 1. The third-order valence-electron chi connectivity index (χ3n) is 3.98. The van der Waals surface area contributed by atoms with E-state index >= 15 is 0 Å². The second-order valence-electron chi connectivity index (χ2n) is 5.21. The highest BCUT2D eigenvalue weighted by atomic mass is 16.6. The third-order valence-corrected chi connectivity index (χ3v) is 3.98. The Morgan fingerprint density at radius 2 is 1.70 bits per heavy atom. The molecule has 115 valence electrons. The molecule has 0 saturated carbocycles. The fraction of sp³-hybridized carbons (Fsp3) is 0.158. The summed E-state index contributed by atoms with van der Waals surface area (Å²) < 4.78 is 9.84. The van der Waals surface area contributed by atoms with E-state index in [2.05, 4.69) is 23.4 Å². The van der Waals surface area contributed by atoms with Crippen molar-refractivity contribution in [3.05, 3.63) is 72.3 Å². The van der Waals surface area contributed by atoms with Crippen molar-refractivity contribution < 1.29 is 19.1 Å². The smallest absolute Gasteiger partial charge is 0.418 e. The fourth-order valence-corrected chi connectivity index (χ4v) is 2.93. The van der Waals surface area contributed by atoms with Crippen LogP contribution in [0.2, 0.25) is 0 Å². The summed E-state index contributed by atoms with van der Waals surface area (Å²) in [6.07, 6.45) is 0.0865. The van der Waals surface area contributed by atoms with E-state index in [0.29, 0.717) is 0 Å². The van der Waals surface area contributed by atoms with Gasteiger partial charge in [-0.1, -0.05) is 55.1 Å². The van der Waals surface area contributed by atoms with Gasteiger partial charge in [0.15, 0.2) is 0 Å². The van der Waals surface area contributed by atoms with E-state index in [4.69, 9.17) is 4.74 Å². The zero-order valence-corrected chi connectivity index (χ0v) is 12.4. The average molecular weight is 307 g/mol. The van der Waals surface area contributed by atoms with E-state index in [9.17, 15) is 9.59 Å². The molecule has 0 saturated heterocycles. The zero-order chi connectivity index (χ0) is 16.2. The molecule has 1 unspecified atom stereocenters. The minimum absolute atomic E-state index is 0.0305. The lowest BCUT2D eigenvalue weighted by Gasteiger charge is -2.16. The molecule has 1 aliphatic rings. The lowest BCUT2D eigenvalue weighted by molar-refractivity contribution is -0.150. The molecular formula is C19H15O4. The van der Waals surface area contributed by atoms with Crippen LogP contribution in [0.3, 0.4) is 0 Å². The Bertz CT molecular complexity index is 705. The van der Waals surface area contributed by atoms with Gasteiger partial charge in [-0.25, -0.2) is 9.59 Å². The Labute approximate surface area is 134 Å². The second-order valence-corrected chi connectivity index (χ2v) is 5.21. The summed E-state index contributed by atoms with van der Waals surface area (Å²) in [6.45, 7) is 4.86. The number of rotatable bonds is 6. The maximum absolute atomic E-state index is 11.9. The Kier molecular flexibility index (Phi) is 4.24. The summed E-state index contributed by atoms with van der Waals surface area (Å²) in [5.74, 6) is -0.678. The van der Waals surface area contributed by atoms with E-state index in [1.165, 1.54) is 12.5 Å². The van der Waals surface area contributed by atoms with Crippen LogP contribution in [0.1, 0.15) is 17.0 Å². The van der Waals surface area contributed by atoms with Gasteiger partial charge in [-0.05, 0) is 28.3 Å². The Morgan fingerprint density at radius 3 is 2.22 bits per heavy atom. The Balaban J connectivity index is 1.82. The molecule has 4 nitrogen and oxygen atoms in total. The van der Waals surface area contributed by atoms with Crippen molar-refractivity contribution in [3.8, 4) is 11.1 Å². The van der Waals surface area contributed by atoms with Gasteiger partial charge in [0.25, 0.3) is 0 Å². The van der Waals surface area contributed by atoms with Gasteiger partial charge >= 0.3 is 12.4 Å². The van der Waals surface area contributed by atoms with Crippen molar-refractivity contribution in [3.63, 3.8) is 0 Å². The van der Waals surface area contributed by atoms with Gasteiger partial charge in [0.05, 0.1) is 0 Å². The fourth-order valence-electron chi connectivity index (χ4n) is 2.93. The maximum atomic E-state index is 11.9. The summed E-state index contributed by atoms with van der Waals surface area (Å²) in [5.41, 5.74) is 4.56. The highest BCUT2D eigenvalue weighted by molar-refractivity contribution is 5.80. The molecule has 0 N–H and O–H groups in total. The molecule has 1 aliphatic carbocycles. The van der Waals surface area contributed by atoms with Crippen LogP contribution in [-0.4, -0.2) is 25.2 Å². The molecule has 0 heterocycles. The molecule has 1 atom stereocenters. The normalized spacial score (nSPS) is 13.6. The average Bonchev–Trinajstić information content (AvgIpc) is 2.91. The first-order valence-electron chi connectivity index (χ1n) is 7.26. The van der Waals surface area contributed by atoms with Crippen molar-refractivity contribution in [1.82, 2.24) is 0 Å². The molecule has 0 aliphatic heterocycles. The molecule has 0 amide bonds. The Morgan fingerprint density at radius 1 is 1.13 bits per heavy atom. The van der Waals surface area contributed by atoms with Crippen LogP contribution in [0, 0.1) is 0 Å². The molecule has 2 aromatic carbocycles. The molecule has 0 fully saturated rings. The van der Waals surface area contributed by atoms with Gasteiger partial charge in [-0.15, -0.1) is 0 Å². The molecule has 2 aromatic rings. The van der Waals surface area contributed by atoms with Gasteiger partial charge in [0.2, 0.25) is 6.10 Å². The summed E-state index contributed by atoms with van der Waals surface area (Å²) in [4.78, 5) is 22.2. The molecule has 3 rings (SSSR count). The van der Waals surface area contributed by atoms with Crippen molar-refractivity contribution in [1.29, 1.82) is 0 Å². The van der Waals surface area contributed by atoms with Crippen molar-refractivity contribution in [2.45, 2.75) is 12.0 Å². The minimum atomic E-state index is -1.13. The van der Waals surface area contributed by atoms with Crippen LogP contribution in [0.4, 0.5) is 0 Å². The number of esters is 1. The molecule has 0 spiro atoms. The van der Waals surface area contributed by atoms with Crippen molar-refractivity contribution in [2.24, 2.45) is 0 Å². The van der Waals surface area contributed by atoms with Crippen LogP contribution in [-0.2, 0) is 19.1 Å². The SMILES string of the molecule is C=CC(O[C]=O)C(=O)OCC1c2ccccc2-c2ccccc21. The molecule has 0 bridgehead atoms. The molecular weight excluding hydrogens is 292 g/mol. The highest BCUT2D eigenvalue weighted by Gasteiger charge is 2.30. The topological polar surface area (TPSA) is 52.6 Å². The number of benzene rings is 2. The van der Waals surface area contributed by atoms with E-state index in [0.717, 1.165) is 22.3 Å². The van der Waals surface area contributed by atoms with Gasteiger partial charge in [-0.3, -0.25) is 0 Å². The van der Waals surface area contributed by atoms with E-state index in [-0.39, 0.29) is 12.5 Å². The van der Waals surface area contributed by atoms with Crippen LogP contribution < -0.4 is 0 Å². The predicted octanol–water partition coefficient (Wildman–Crippen LogP) is 2.98. The third kappa shape index (κ3) is 2.75. The zero-order valence-electron chi connectivity index (χ0n) is 12.4. The van der Waals surface area contributed by atoms with E-state index in [1.54, 1.807) is 0 Å².